The minimum Gasteiger partial charge on any atom is -0.490 e. The van der Waals surface area contributed by atoms with E-state index in [1.54, 1.807) is 19.1 Å². The molecule has 2 N–H and O–H groups in total. The first-order chi connectivity index (χ1) is 13.7. The van der Waals surface area contributed by atoms with E-state index in [1.165, 1.54) is 13.1 Å². The SMILES string of the molecule is CCNC(=NCc1cccc(OCC)c1OC(F)F)NCCN(C)CC(F)(F)F.I. The first-order valence-electron chi connectivity index (χ1n) is 9.13. The van der Waals surface area contributed by atoms with E-state index in [-0.39, 0.29) is 61.7 Å². The van der Waals surface area contributed by atoms with Gasteiger partial charge in [-0.3, -0.25) is 4.90 Å². The number of ether oxygens (including phenoxy) is 2. The van der Waals surface area contributed by atoms with Gasteiger partial charge < -0.3 is 20.1 Å². The number of likely N-dealkylation sites (N-methyl/N-ethyl adjacent to an activating group) is 1. The fourth-order valence-electron chi connectivity index (χ4n) is 2.43. The molecule has 0 aliphatic heterocycles. The van der Waals surface area contributed by atoms with Crippen molar-refractivity contribution in [3.05, 3.63) is 23.8 Å². The molecule has 1 aromatic carbocycles. The van der Waals surface area contributed by atoms with Crippen molar-refractivity contribution in [1.29, 1.82) is 0 Å². The predicted molar refractivity (Wildman–Crippen MR) is 116 cm³/mol. The van der Waals surface area contributed by atoms with Gasteiger partial charge in [-0.25, -0.2) is 4.99 Å². The minimum atomic E-state index is -4.26. The Labute approximate surface area is 190 Å². The molecular formula is C18H28F5IN4O2. The maximum absolute atomic E-state index is 12.8. The van der Waals surface area contributed by atoms with Crippen molar-refractivity contribution in [2.75, 3.05) is 39.8 Å². The van der Waals surface area contributed by atoms with Crippen molar-refractivity contribution in [3.8, 4) is 11.5 Å². The van der Waals surface area contributed by atoms with Crippen molar-refractivity contribution >= 4 is 29.9 Å². The van der Waals surface area contributed by atoms with E-state index in [2.05, 4.69) is 20.4 Å². The van der Waals surface area contributed by atoms with E-state index in [1.807, 2.05) is 6.92 Å². The number of guanidine groups is 1. The average molecular weight is 554 g/mol. The van der Waals surface area contributed by atoms with Crippen molar-refractivity contribution in [3.63, 3.8) is 0 Å². The molecule has 0 heterocycles. The highest BCUT2D eigenvalue weighted by Crippen LogP contribution is 2.33. The molecule has 0 aromatic heterocycles. The van der Waals surface area contributed by atoms with Crippen LogP contribution in [0.15, 0.2) is 23.2 Å². The number of aliphatic imine (C=N–C) groups is 1. The Balaban J connectivity index is 0.00000841. The third kappa shape index (κ3) is 11.6. The number of halogens is 6. The van der Waals surface area contributed by atoms with Gasteiger partial charge in [0.1, 0.15) is 0 Å². The van der Waals surface area contributed by atoms with Crippen LogP contribution in [0.4, 0.5) is 22.0 Å². The summed E-state index contributed by atoms with van der Waals surface area (Å²) in [6, 6.07) is 4.75. The Kier molecular flexibility index (Phi) is 13.7. The van der Waals surface area contributed by atoms with Gasteiger partial charge in [-0.15, -0.1) is 24.0 Å². The Morgan fingerprint density at radius 2 is 1.90 bits per heavy atom. The number of nitrogens with one attached hydrogen (secondary N) is 2. The predicted octanol–water partition coefficient (Wildman–Crippen LogP) is 3.85. The summed E-state index contributed by atoms with van der Waals surface area (Å²) in [6.07, 6.45) is -4.26. The first kappa shape index (κ1) is 28.4. The van der Waals surface area contributed by atoms with E-state index in [0.717, 1.165) is 4.90 Å². The molecule has 0 spiro atoms. The Hall–Kier alpha value is -1.57. The molecule has 0 saturated heterocycles. The van der Waals surface area contributed by atoms with Crippen LogP contribution in [-0.2, 0) is 6.54 Å². The van der Waals surface area contributed by atoms with Crippen molar-refractivity contribution in [2.24, 2.45) is 4.99 Å². The van der Waals surface area contributed by atoms with Gasteiger partial charge in [0, 0.05) is 25.2 Å². The highest BCUT2D eigenvalue weighted by Gasteiger charge is 2.28. The molecule has 1 rings (SSSR count). The van der Waals surface area contributed by atoms with Crippen LogP contribution >= 0.6 is 24.0 Å². The average Bonchev–Trinajstić information content (AvgIpc) is 2.60. The number of hydrogen-bond acceptors (Lipinski definition) is 4. The summed E-state index contributed by atoms with van der Waals surface area (Å²) in [5.41, 5.74) is 0.391. The molecule has 0 unspecified atom stereocenters. The van der Waals surface area contributed by atoms with Crippen LogP contribution in [0.5, 0.6) is 11.5 Å². The monoisotopic (exact) mass is 554 g/mol. The fourth-order valence-corrected chi connectivity index (χ4v) is 2.43. The summed E-state index contributed by atoms with van der Waals surface area (Å²) in [7, 11) is 1.37. The topological polar surface area (TPSA) is 58.1 Å². The van der Waals surface area contributed by atoms with Gasteiger partial charge in [0.05, 0.1) is 19.7 Å². The molecule has 0 saturated carbocycles. The molecule has 0 bridgehead atoms. The number of hydrogen-bond donors (Lipinski definition) is 2. The zero-order valence-corrected chi connectivity index (χ0v) is 19.4. The molecule has 0 fully saturated rings. The van der Waals surface area contributed by atoms with Crippen molar-refractivity contribution in [2.45, 2.75) is 33.2 Å². The van der Waals surface area contributed by atoms with Gasteiger partial charge in [0.25, 0.3) is 0 Å². The summed E-state index contributed by atoms with van der Waals surface area (Å²) in [5.74, 6) is 0.443. The highest BCUT2D eigenvalue weighted by molar-refractivity contribution is 14.0. The Bertz CT molecular complexity index is 647. The first-order valence-corrected chi connectivity index (χ1v) is 9.13. The molecule has 0 radical (unpaired) electrons. The van der Waals surface area contributed by atoms with Gasteiger partial charge in [-0.1, -0.05) is 12.1 Å². The summed E-state index contributed by atoms with van der Waals surface area (Å²) in [6.45, 7) is 0.688. The molecule has 12 heteroatoms. The molecule has 1 aromatic rings. The third-order valence-electron chi connectivity index (χ3n) is 3.55. The zero-order valence-electron chi connectivity index (χ0n) is 17.1. The van der Waals surface area contributed by atoms with E-state index in [0.29, 0.717) is 18.1 Å². The lowest BCUT2D eigenvalue weighted by molar-refractivity contribution is -0.142. The Morgan fingerprint density at radius 3 is 2.47 bits per heavy atom. The van der Waals surface area contributed by atoms with E-state index in [9.17, 15) is 22.0 Å². The van der Waals surface area contributed by atoms with E-state index in [4.69, 9.17) is 4.74 Å². The molecule has 0 aliphatic carbocycles. The number of benzene rings is 1. The van der Waals surface area contributed by atoms with Crippen LogP contribution in [0.3, 0.4) is 0 Å². The fraction of sp³-hybridized carbons (Fsp3) is 0.611. The van der Waals surface area contributed by atoms with Gasteiger partial charge in [0.15, 0.2) is 17.5 Å². The summed E-state index contributed by atoms with van der Waals surface area (Å²) in [4.78, 5) is 5.43. The number of alkyl halides is 5. The second-order valence-corrected chi connectivity index (χ2v) is 6.03. The summed E-state index contributed by atoms with van der Waals surface area (Å²) < 4.78 is 72.6. The second-order valence-electron chi connectivity index (χ2n) is 6.03. The number of nitrogens with zero attached hydrogens (tertiary/aromatic N) is 2. The normalized spacial score (nSPS) is 12.0. The molecule has 0 atom stereocenters. The lowest BCUT2D eigenvalue weighted by Gasteiger charge is -2.19. The summed E-state index contributed by atoms with van der Waals surface area (Å²) in [5, 5.41) is 5.87. The van der Waals surface area contributed by atoms with Crippen LogP contribution in [0.1, 0.15) is 19.4 Å². The van der Waals surface area contributed by atoms with Crippen molar-refractivity contribution < 1.29 is 31.4 Å². The smallest absolute Gasteiger partial charge is 0.401 e. The minimum absolute atomic E-state index is 0. The van der Waals surface area contributed by atoms with Gasteiger partial charge in [-0.05, 0) is 27.0 Å². The standard InChI is InChI=1S/C18H27F5N4O2.HI/c1-4-24-17(25-9-10-27(3)12-18(21,22)23)26-11-13-7-6-8-14(28-5-2)15(13)29-16(19)20;/h6-8,16H,4-5,9-12H2,1-3H3,(H2,24,25,26);1H. The molecule has 0 amide bonds. The van der Waals surface area contributed by atoms with Crippen LogP contribution in [-0.4, -0.2) is 63.5 Å². The lowest BCUT2D eigenvalue weighted by atomic mass is 10.2. The van der Waals surface area contributed by atoms with E-state index < -0.39 is 19.3 Å². The lowest BCUT2D eigenvalue weighted by Crippen LogP contribution is -2.42. The van der Waals surface area contributed by atoms with Crippen LogP contribution in [0, 0.1) is 0 Å². The third-order valence-corrected chi connectivity index (χ3v) is 3.55. The number of para-hydroxylation sites is 1. The number of rotatable bonds is 11. The second kappa shape index (κ2) is 14.4. The molecule has 30 heavy (non-hydrogen) atoms. The summed E-state index contributed by atoms with van der Waals surface area (Å²) >= 11 is 0. The maximum atomic E-state index is 12.8. The van der Waals surface area contributed by atoms with Crippen LogP contribution in [0.25, 0.3) is 0 Å². The molecule has 0 aliphatic rings. The van der Waals surface area contributed by atoms with Crippen molar-refractivity contribution in [1.82, 2.24) is 15.5 Å². The van der Waals surface area contributed by atoms with Gasteiger partial charge in [-0.2, -0.15) is 22.0 Å². The van der Waals surface area contributed by atoms with Crippen LogP contribution in [0.2, 0.25) is 0 Å². The maximum Gasteiger partial charge on any atom is 0.401 e. The molecule has 6 nitrogen and oxygen atoms in total. The quantitative estimate of drug-likeness (QED) is 0.189. The largest absolute Gasteiger partial charge is 0.490 e. The Morgan fingerprint density at radius 1 is 1.20 bits per heavy atom. The van der Waals surface area contributed by atoms with Gasteiger partial charge in [0.2, 0.25) is 0 Å². The van der Waals surface area contributed by atoms with E-state index >= 15 is 0 Å². The molecular weight excluding hydrogens is 526 g/mol. The van der Waals surface area contributed by atoms with Gasteiger partial charge >= 0.3 is 12.8 Å². The van der Waals surface area contributed by atoms with Crippen LogP contribution < -0.4 is 20.1 Å². The zero-order chi connectivity index (χ0) is 21.9. The highest BCUT2D eigenvalue weighted by atomic mass is 127. The molecule has 174 valence electrons.